The van der Waals surface area contributed by atoms with Crippen molar-refractivity contribution in [1.82, 2.24) is 28.7 Å². The van der Waals surface area contributed by atoms with Crippen LogP contribution in [0, 0.1) is 0 Å². The molecule has 0 bridgehead atoms. The van der Waals surface area contributed by atoms with Gasteiger partial charge in [-0.25, -0.2) is 15.0 Å². The second kappa shape index (κ2) is 35.5. The van der Waals surface area contributed by atoms with E-state index in [1.165, 1.54) is 116 Å². The molecule has 2 atom stereocenters. The van der Waals surface area contributed by atoms with Crippen molar-refractivity contribution in [2.24, 2.45) is 0 Å². The molecule has 0 radical (unpaired) electrons. The second-order valence-corrected chi connectivity index (χ2v) is 17.5. The molecule has 3 rings (SSSR count). The van der Waals surface area contributed by atoms with E-state index >= 15 is 0 Å². The molecule has 0 N–H and O–H groups in total. The molecule has 350 valence electrons. The first-order valence-electron chi connectivity index (χ1n) is 24.9. The standard InChI is InChI=1S/C50H84N6O6/c1-45(60-47(57)30-24-18-12-6-3-9-15-21-27-36-54-39-33-51-42-54)50(62-49(59)32-26-20-14-8-5-11-17-23-29-38-56-41-35-53-44-56)46(2)61-48(58)31-25-19-13-7-4-10-16-22-28-37-55-40-34-52-43-55/h33-35,39-46,50H,3-32,36-38H2,1-2H3. The number of esters is 3. The summed E-state index contributed by atoms with van der Waals surface area (Å²) in [6.45, 7) is 6.59. The summed E-state index contributed by atoms with van der Waals surface area (Å²) in [5.74, 6) is -0.944. The highest BCUT2D eigenvalue weighted by Gasteiger charge is 2.32. The predicted molar refractivity (Wildman–Crippen MR) is 246 cm³/mol. The molecule has 0 aliphatic rings. The number of aromatic nitrogens is 6. The molecular formula is C50H84N6O6. The maximum atomic E-state index is 13.1. The smallest absolute Gasteiger partial charge is 0.306 e. The van der Waals surface area contributed by atoms with Crippen LogP contribution < -0.4 is 0 Å². The molecule has 0 aliphatic heterocycles. The Bertz CT molecular complexity index is 1400. The Morgan fingerprint density at radius 2 is 0.613 bits per heavy atom. The van der Waals surface area contributed by atoms with E-state index in [4.69, 9.17) is 14.2 Å². The number of nitrogens with zero attached hydrogens (tertiary/aromatic N) is 6. The average molecular weight is 865 g/mol. The normalized spacial score (nSPS) is 12.9. The number of imidazole rings is 3. The molecule has 12 heteroatoms. The first-order chi connectivity index (χ1) is 30.4. The molecule has 62 heavy (non-hydrogen) atoms. The number of unbranched alkanes of at least 4 members (excludes halogenated alkanes) is 24. The van der Waals surface area contributed by atoms with Crippen LogP contribution in [-0.2, 0) is 48.2 Å². The number of hydrogen-bond donors (Lipinski definition) is 0. The van der Waals surface area contributed by atoms with Gasteiger partial charge in [0, 0.05) is 76.1 Å². The van der Waals surface area contributed by atoms with Crippen molar-refractivity contribution in [1.29, 1.82) is 0 Å². The van der Waals surface area contributed by atoms with Crippen molar-refractivity contribution < 1.29 is 28.6 Å². The highest BCUT2D eigenvalue weighted by Crippen LogP contribution is 2.19. The molecule has 0 amide bonds. The van der Waals surface area contributed by atoms with Crippen LogP contribution >= 0.6 is 0 Å². The topological polar surface area (TPSA) is 132 Å². The van der Waals surface area contributed by atoms with Crippen LogP contribution in [-0.4, -0.2) is 64.9 Å². The third-order valence-electron chi connectivity index (χ3n) is 11.9. The van der Waals surface area contributed by atoms with Crippen molar-refractivity contribution in [3.8, 4) is 0 Å². The third-order valence-corrected chi connectivity index (χ3v) is 11.9. The predicted octanol–water partition coefficient (Wildman–Crippen LogP) is 12.2. The number of carbonyl (C=O) groups excluding carboxylic acids is 3. The van der Waals surface area contributed by atoms with Gasteiger partial charge in [0.15, 0.2) is 6.10 Å². The van der Waals surface area contributed by atoms with Crippen LogP contribution in [0.4, 0.5) is 0 Å². The maximum Gasteiger partial charge on any atom is 0.306 e. The summed E-state index contributed by atoms with van der Waals surface area (Å²) in [5, 5.41) is 0. The van der Waals surface area contributed by atoms with Gasteiger partial charge in [0.1, 0.15) is 12.2 Å². The van der Waals surface area contributed by atoms with E-state index in [0.717, 1.165) is 77.4 Å². The summed E-state index contributed by atoms with van der Waals surface area (Å²) in [4.78, 5) is 51.2. The summed E-state index contributed by atoms with van der Waals surface area (Å²) in [6.07, 6.45) is 46.2. The van der Waals surface area contributed by atoms with Crippen LogP contribution in [0.3, 0.4) is 0 Å². The molecule has 0 aliphatic carbocycles. The van der Waals surface area contributed by atoms with Gasteiger partial charge in [-0.15, -0.1) is 0 Å². The molecule has 12 nitrogen and oxygen atoms in total. The molecule has 2 unspecified atom stereocenters. The number of aryl methyl sites for hydroxylation is 3. The molecule has 0 saturated carbocycles. The Labute approximate surface area is 374 Å². The van der Waals surface area contributed by atoms with Crippen LogP contribution in [0.2, 0.25) is 0 Å². The first kappa shape index (κ1) is 52.4. The van der Waals surface area contributed by atoms with E-state index in [2.05, 4.69) is 28.7 Å². The van der Waals surface area contributed by atoms with E-state index in [9.17, 15) is 14.4 Å². The molecule has 0 saturated heterocycles. The van der Waals surface area contributed by atoms with Crippen LogP contribution in [0.1, 0.15) is 206 Å². The molecule has 3 aromatic rings. The lowest BCUT2D eigenvalue weighted by Gasteiger charge is -2.29. The Kier molecular flexibility index (Phi) is 30.0. The van der Waals surface area contributed by atoms with Gasteiger partial charge in [-0.1, -0.05) is 135 Å². The second-order valence-electron chi connectivity index (χ2n) is 17.5. The van der Waals surface area contributed by atoms with Gasteiger partial charge in [-0.2, -0.15) is 0 Å². The van der Waals surface area contributed by atoms with Crippen molar-refractivity contribution in [3.05, 3.63) is 56.2 Å². The molecular weight excluding hydrogens is 781 g/mol. The highest BCUT2D eigenvalue weighted by molar-refractivity contribution is 5.71. The molecule has 0 spiro atoms. The van der Waals surface area contributed by atoms with Crippen LogP contribution in [0.15, 0.2) is 56.2 Å². The summed E-state index contributed by atoms with van der Waals surface area (Å²) in [6, 6.07) is 0. The van der Waals surface area contributed by atoms with Gasteiger partial charge in [-0.05, 0) is 52.4 Å². The quantitative estimate of drug-likeness (QED) is 0.0310. The molecule has 3 aromatic heterocycles. The largest absolute Gasteiger partial charge is 0.459 e. The SMILES string of the molecule is CC(OC(=O)CCCCCCCCCCCn1ccnc1)C(OC(=O)CCCCCCCCCCCn1ccnc1)C(C)OC(=O)CCCCCCCCCCCn1ccnc1. The Balaban J connectivity index is 1.27. The van der Waals surface area contributed by atoms with E-state index in [1.54, 1.807) is 13.8 Å². The minimum Gasteiger partial charge on any atom is -0.459 e. The number of hydrogen-bond acceptors (Lipinski definition) is 9. The van der Waals surface area contributed by atoms with E-state index < -0.39 is 18.3 Å². The maximum absolute atomic E-state index is 13.1. The fraction of sp³-hybridized carbons (Fsp3) is 0.760. The summed E-state index contributed by atoms with van der Waals surface area (Å²) >= 11 is 0. The van der Waals surface area contributed by atoms with Gasteiger partial charge in [-0.3, -0.25) is 14.4 Å². The van der Waals surface area contributed by atoms with Crippen molar-refractivity contribution in [3.63, 3.8) is 0 Å². The summed E-state index contributed by atoms with van der Waals surface area (Å²) < 4.78 is 23.9. The summed E-state index contributed by atoms with van der Waals surface area (Å²) in [5.41, 5.74) is 0. The zero-order valence-corrected chi connectivity index (χ0v) is 38.9. The Morgan fingerprint density at radius 1 is 0.371 bits per heavy atom. The molecule has 0 fully saturated rings. The average Bonchev–Trinajstić information content (AvgIpc) is 4.09. The van der Waals surface area contributed by atoms with E-state index in [1.807, 2.05) is 56.2 Å². The van der Waals surface area contributed by atoms with Gasteiger partial charge in [0.25, 0.3) is 0 Å². The lowest BCUT2D eigenvalue weighted by Crippen LogP contribution is -2.43. The zero-order chi connectivity index (χ0) is 44.1. The third kappa shape index (κ3) is 27.2. The fourth-order valence-corrected chi connectivity index (χ4v) is 8.11. The van der Waals surface area contributed by atoms with Gasteiger partial charge in [0.05, 0.1) is 19.0 Å². The van der Waals surface area contributed by atoms with E-state index in [-0.39, 0.29) is 17.9 Å². The Morgan fingerprint density at radius 3 is 0.871 bits per heavy atom. The monoisotopic (exact) mass is 865 g/mol. The van der Waals surface area contributed by atoms with Crippen molar-refractivity contribution in [2.45, 2.75) is 244 Å². The summed E-state index contributed by atoms with van der Waals surface area (Å²) in [7, 11) is 0. The molecule has 0 aromatic carbocycles. The lowest BCUT2D eigenvalue weighted by atomic mass is 10.1. The lowest BCUT2D eigenvalue weighted by molar-refractivity contribution is -0.182. The van der Waals surface area contributed by atoms with Crippen molar-refractivity contribution in [2.75, 3.05) is 0 Å². The van der Waals surface area contributed by atoms with Gasteiger partial charge in [0.2, 0.25) is 0 Å². The number of carbonyl (C=O) groups is 3. The highest BCUT2D eigenvalue weighted by atomic mass is 16.6. The molecule has 3 heterocycles. The zero-order valence-electron chi connectivity index (χ0n) is 38.9. The fourth-order valence-electron chi connectivity index (χ4n) is 8.11. The van der Waals surface area contributed by atoms with Crippen molar-refractivity contribution >= 4 is 17.9 Å². The van der Waals surface area contributed by atoms with Gasteiger partial charge >= 0.3 is 17.9 Å². The first-order valence-corrected chi connectivity index (χ1v) is 24.9. The minimum atomic E-state index is -0.857. The number of rotatable bonds is 41. The van der Waals surface area contributed by atoms with Crippen LogP contribution in [0.5, 0.6) is 0 Å². The van der Waals surface area contributed by atoms with E-state index in [0.29, 0.717) is 19.3 Å². The van der Waals surface area contributed by atoms with Gasteiger partial charge < -0.3 is 27.9 Å². The Hall–Kier alpha value is -3.96. The number of ether oxygens (including phenoxy) is 3. The minimum absolute atomic E-state index is 0.295. The van der Waals surface area contributed by atoms with Crippen LogP contribution in [0.25, 0.3) is 0 Å².